The van der Waals surface area contributed by atoms with E-state index in [9.17, 15) is 9.90 Å². The third-order valence-electron chi connectivity index (χ3n) is 5.59. The van der Waals surface area contributed by atoms with Crippen LogP contribution < -0.4 is 9.80 Å². The van der Waals surface area contributed by atoms with Gasteiger partial charge in [-0.15, -0.1) is 0 Å². The number of aliphatic hydroxyl groups excluding tert-OH is 1. The number of hydrogen-bond acceptors (Lipinski definition) is 6. The summed E-state index contributed by atoms with van der Waals surface area (Å²) >= 11 is 12.3. The van der Waals surface area contributed by atoms with E-state index in [0.717, 1.165) is 31.0 Å². The van der Waals surface area contributed by atoms with Crippen LogP contribution in [-0.4, -0.2) is 71.3 Å². The van der Waals surface area contributed by atoms with Crippen LogP contribution in [0.3, 0.4) is 0 Å². The number of aliphatic hydroxyl groups is 1. The lowest BCUT2D eigenvalue weighted by Gasteiger charge is -2.36. The van der Waals surface area contributed by atoms with Crippen molar-refractivity contribution in [2.45, 2.75) is 18.9 Å². The molecule has 3 heterocycles. The van der Waals surface area contributed by atoms with Gasteiger partial charge in [0.1, 0.15) is 18.0 Å². The van der Waals surface area contributed by atoms with Gasteiger partial charge in [0.15, 0.2) is 0 Å². The van der Waals surface area contributed by atoms with Gasteiger partial charge < -0.3 is 19.8 Å². The molecule has 1 aromatic heterocycles. The molecule has 1 unspecified atom stereocenters. The first-order valence-electron chi connectivity index (χ1n) is 9.76. The Labute approximate surface area is 179 Å². The summed E-state index contributed by atoms with van der Waals surface area (Å²) in [4.78, 5) is 27.7. The standard InChI is InChI=1S/C20H23Cl2N5O2/c21-16-5-1-4-15(19(16)22)20(29)26-9-7-25(8-10-26)17-11-18(24-13-23-17)27-6-2-3-14(27)12-28/h1,4-5,11,13-14,28H,2-3,6-10,12H2. The van der Waals surface area contributed by atoms with E-state index in [4.69, 9.17) is 23.2 Å². The summed E-state index contributed by atoms with van der Waals surface area (Å²) in [6, 6.07) is 7.20. The molecule has 29 heavy (non-hydrogen) atoms. The first-order valence-corrected chi connectivity index (χ1v) is 10.5. The SMILES string of the molecule is O=C(c1cccc(Cl)c1Cl)N1CCN(c2cc(N3CCCC3CO)ncn2)CC1. The van der Waals surface area contributed by atoms with E-state index in [-0.39, 0.29) is 18.6 Å². The molecule has 0 bridgehead atoms. The normalized spacial score (nSPS) is 19.7. The number of aromatic nitrogens is 2. The van der Waals surface area contributed by atoms with Gasteiger partial charge in [-0.25, -0.2) is 9.97 Å². The highest BCUT2D eigenvalue weighted by Crippen LogP contribution is 2.28. The minimum Gasteiger partial charge on any atom is -0.394 e. The second-order valence-electron chi connectivity index (χ2n) is 7.29. The summed E-state index contributed by atoms with van der Waals surface area (Å²) in [5.41, 5.74) is 0.431. The van der Waals surface area contributed by atoms with Crippen LogP contribution in [-0.2, 0) is 0 Å². The maximum Gasteiger partial charge on any atom is 0.255 e. The quantitative estimate of drug-likeness (QED) is 0.795. The van der Waals surface area contributed by atoms with Crippen LogP contribution >= 0.6 is 23.2 Å². The monoisotopic (exact) mass is 435 g/mol. The molecule has 2 aromatic rings. The van der Waals surface area contributed by atoms with Crippen molar-refractivity contribution in [2.24, 2.45) is 0 Å². The lowest BCUT2D eigenvalue weighted by atomic mass is 10.1. The maximum absolute atomic E-state index is 12.8. The van der Waals surface area contributed by atoms with Crippen molar-refractivity contribution in [3.63, 3.8) is 0 Å². The van der Waals surface area contributed by atoms with E-state index < -0.39 is 0 Å². The zero-order valence-corrected chi connectivity index (χ0v) is 17.5. The molecule has 1 N–H and O–H groups in total. The van der Waals surface area contributed by atoms with Crippen LogP contribution in [0.2, 0.25) is 10.0 Å². The Morgan fingerprint density at radius 3 is 2.62 bits per heavy atom. The Morgan fingerprint density at radius 2 is 1.86 bits per heavy atom. The first kappa shape index (κ1) is 20.2. The lowest BCUT2D eigenvalue weighted by molar-refractivity contribution is 0.0746. The topological polar surface area (TPSA) is 72.8 Å². The maximum atomic E-state index is 12.8. The molecule has 154 valence electrons. The molecule has 2 aliphatic rings. The van der Waals surface area contributed by atoms with E-state index >= 15 is 0 Å². The third-order valence-corrected chi connectivity index (χ3v) is 6.41. The molecule has 4 rings (SSSR count). The highest BCUT2D eigenvalue weighted by Gasteiger charge is 2.27. The van der Waals surface area contributed by atoms with Crippen molar-refractivity contribution in [2.75, 3.05) is 49.1 Å². The van der Waals surface area contributed by atoms with Crippen LogP contribution in [0.25, 0.3) is 0 Å². The molecular formula is C20H23Cl2N5O2. The van der Waals surface area contributed by atoms with Crippen molar-refractivity contribution >= 4 is 40.7 Å². The minimum atomic E-state index is -0.108. The van der Waals surface area contributed by atoms with Crippen molar-refractivity contribution in [1.82, 2.24) is 14.9 Å². The summed E-state index contributed by atoms with van der Waals surface area (Å²) in [6.45, 7) is 3.51. The number of halogens is 2. The summed E-state index contributed by atoms with van der Waals surface area (Å²) in [5.74, 6) is 1.57. The predicted octanol–water partition coefficient (Wildman–Crippen LogP) is 2.71. The molecule has 0 spiro atoms. The fraction of sp³-hybridized carbons (Fsp3) is 0.450. The number of anilines is 2. The van der Waals surface area contributed by atoms with Gasteiger partial charge in [-0.1, -0.05) is 29.3 Å². The number of benzene rings is 1. The zero-order valence-electron chi connectivity index (χ0n) is 16.0. The first-order chi connectivity index (χ1) is 14.1. The average molecular weight is 436 g/mol. The number of hydrogen-bond donors (Lipinski definition) is 1. The van der Waals surface area contributed by atoms with Crippen LogP contribution in [0.4, 0.5) is 11.6 Å². The Balaban J connectivity index is 1.43. The van der Waals surface area contributed by atoms with Crippen molar-refractivity contribution in [3.05, 3.63) is 46.2 Å². The minimum absolute atomic E-state index is 0.108. The predicted molar refractivity (Wildman–Crippen MR) is 114 cm³/mol. The van der Waals surface area contributed by atoms with Crippen LogP contribution in [0.15, 0.2) is 30.6 Å². The zero-order chi connectivity index (χ0) is 20.4. The van der Waals surface area contributed by atoms with Gasteiger partial charge >= 0.3 is 0 Å². The molecule has 1 atom stereocenters. The Bertz CT molecular complexity index is 889. The Hall–Kier alpha value is -2.09. The molecule has 7 nitrogen and oxygen atoms in total. The number of piperazine rings is 1. The number of carbonyl (C=O) groups is 1. The van der Waals surface area contributed by atoms with E-state index in [1.807, 2.05) is 6.07 Å². The molecule has 0 radical (unpaired) electrons. The van der Waals surface area contributed by atoms with Gasteiger partial charge in [0, 0.05) is 38.8 Å². The number of carbonyl (C=O) groups excluding carboxylic acids is 1. The van der Waals surface area contributed by atoms with Gasteiger partial charge in [-0.05, 0) is 25.0 Å². The van der Waals surface area contributed by atoms with E-state index in [0.29, 0.717) is 41.8 Å². The number of rotatable bonds is 4. The van der Waals surface area contributed by atoms with Gasteiger partial charge in [0.2, 0.25) is 0 Å². The summed E-state index contributed by atoms with van der Waals surface area (Å²) in [7, 11) is 0. The molecule has 2 aliphatic heterocycles. The summed E-state index contributed by atoms with van der Waals surface area (Å²) < 4.78 is 0. The highest BCUT2D eigenvalue weighted by molar-refractivity contribution is 6.43. The van der Waals surface area contributed by atoms with Crippen molar-refractivity contribution in [1.29, 1.82) is 0 Å². The van der Waals surface area contributed by atoms with Crippen LogP contribution in [0, 0.1) is 0 Å². The molecule has 0 saturated carbocycles. The van der Waals surface area contributed by atoms with Crippen molar-refractivity contribution < 1.29 is 9.90 Å². The molecule has 1 aromatic carbocycles. The molecule has 2 saturated heterocycles. The van der Waals surface area contributed by atoms with Gasteiger partial charge in [0.25, 0.3) is 5.91 Å². The van der Waals surface area contributed by atoms with Gasteiger partial charge in [0.05, 0.1) is 28.3 Å². The van der Waals surface area contributed by atoms with E-state index in [2.05, 4.69) is 19.8 Å². The van der Waals surface area contributed by atoms with Crippen LogP contribution in [0.1, 0.15) is 23.2 Å². The molecule has 2 fully saturated rings. The fourth-order valence-electron chi connectivity index (χ4n) is 3.97. The van der Waals surface area contributed by atoms with E-state index in [1.165, 1.54) is 0 Å². The Kier molecular flexibility index (Phi) is 6.08. The smallest absolute Gasteiger partial charge is 0.255 e. The van der Waals surface area contributed by atoms with Crippen LogP contribution in [0.5, 0.6) is 0 Å². The lowest BCUT2D eigenvalue weighted by Crippen LogP contribution is -2.49. The molecule has 9 heteroatoms. The summed E-state index contributed by atoms with van der Waals surface area (Å²) in [6.07, 6.45) is 3.60. The Morgan fingerprint density at radius 1 is 1.10 bits per heavy atom. The van der Waals surface area contributed by atoms with Gasteiger partial charge in [-0.2, -0.15) is 0 Å². The molecule has 1 amide bonds. The largest absolute Gasteiger partial charge is 0.394 e. The molecular weight excluding hydrogens is 413 g/mol. The average Bonchev–Trinajstić information content (AvgIpc) is 3.24. The second kappa shape index (κ2) is 8.73. The second-order valence-corrected chi connectivity index (χ2v) is 8.07. The highest BCUT2D eigenvalue weighted by atomic mass is 35.5. The third kappa shape index (κ3) is 4.13. The van der Waals surface area contributed by atoms with E-state index in [1.54, 1.807) is 29.4 Å². The summed E-state index contributed by atoms with van der Waals surface area (Å²) in [5, 5.41) is 10.3. The number of amides is 1. The fourth-order valence-corrected chi connectivity index (χ4v) is 4.35. The molecule has 0 aliphatic carbocycles. The number of nitrogens with zero attached hydrogens (tertiary/aromatic N) is 5. The van der Waals surface area contributed by atoms with Gasteiger partial charge in [-0.3, -0.25) is 4.79 Å². The van der Waals surface area contributed by atoms with Crippen molar-refractivity contribution in [3.8, 4) is 0 Å².